The van der Waals surface area contributed by atoms with Crippen LogP contribution in [-0.4, -0.2) is 59.1 Å². The molecule has 1 aromatic carbocycles. The normalized spacial score (nSPS) is 19.3. The molecule has 1 saturated carbocycles. The summed E-state index contributed by atoms with van der Waals surface area (Å²) >= 11 is 1.65. The quantitative estimate of drug-likeness (QED) is 0.471. The largest absolute Gasteiger partial charge is 0.354 e. The Morgan fingerprint density at radius 3 is 2.54 bits per heavy atom. The Hall–Kier alpha value is -2.02. The first-order valence-electron chi connectivity index (χ1n) is 9.09. The van der Waals surface area contributed by atoms with Crippen molar-refractivity contribution in [2.75, 3.05) is 25.9 Å². The van der Waals surface area contributed by atoms with E-state index in [2.05, 4.69) is 5.32 Å². The van der Waals surface area contributed by atoms with E-state index in [0.29, 0.717) is 19.4 Å². The molecule has 1 aliphatic heterocycles. The standard InChI is InChI=1S/C19H25N3O3S/c1-21-18(25)22(17(24)19(21)10-6-3-7-11-19)14-16(23)20-12-13-26-15-8-4-2-5-9-15/h2,4-5,8-9H,3,6-7,10-14H2,1H3,(H,20,23). The van der Waals surface area contributed by atoms with E-state index in [1.165, 1.54) is 0 Å². The molecule has 1 saturated heterocycles. The van der Waals surface area contributed by atoms with Crippen molar-refractivity contribution in [1.82, 2.24) is 15.1 Å². The maximum absolute atomic E-state index is 12.8. The summed E-state index contributed by atoms with van der Waals surface area (Å²) in [6, 6.07) is 9.60. The lowest BCUT2D eigenvalue weighted by Gasteiger charge is -2.35. The maximum Gasteiger partial charge on any atom is 0.327 e. The number of carbonyl (C=O) groups is 3. The van der Waals surface area contributed by atoms with Gasteiger partial charge in [0.15, 0.2) is 0 Å². The van der Waals surface area contributed by atoms with Crippen molar-refractivity contribution >= 4 is 29.6 Å². The maximum atomic E-state index is 12.8. The van der Waals surface area contributed by atoms with Crippen LogP contribution in [0.3, 0.4) is 0 Å². The molecule has 0 radical (unpaired) electrons. The number of urea groups is 1. The number of nitrogens with zero attached hydrogens (tertiary/aromatic N) is 2. The van der Waals surface area contributed by atoms with Gasteiger partial charge in [-0.15, -0.1) is 11.8 Å². The molecule has 1 aromatic rings. The second kappa shape index (κ2) is 8.12. The molecule has 2 fully saturated rings. The minimum atomic E-state index is -0.723. The SMILES string of the molecule is CN1C(=O)N(CC(=O)NCCSc2ccccc2)C(=O)C12CCCCC2. The topological polar surface area (TPSA) is 69.7 Å². The fourth-order valence-electron chi connectivity index (χ4n) is 3.75. The van der Waals surface area contributed by atoms with E-state index in [9.17, 15) is 14.4 Å². The van der Waals surface area contributed by atoms with Gasteiger partial charge in [-0.05, 0) is 25.0 Å². The summed E-state index contributed by atoms with van der Waals surface area (Å²) in [5.74, 6) is 0.238. The van der Waals surface area contributed by atoms with Crippen molar-refractivity contribution in [3.8, 4) is 0 Å². The van der Waals surface area contributed by atoms with Crippen LogP contribution in [0.4, 0.5) is 4.79 Å². The van der Waals surface area contributed by atoms with Gasteiger partial charge in [-0.3, -0.25) is 14.5 Å². The first-order chi connectivity index (χ1) is 12.5. The first kappa shape index (κ1) is 18.8. The number of hydrogen-bond donors (Lipinski definition) is 1. The number of hydrogen-bond acceptors (Lipinski definition) is 4. The van der Waals surface area contributed by atoms with Gasteiger partial charge in [0.25, 0.3) is 5.91 Å². The lowest BCUT2D eigenvalue weighted by molar-refractivity contribution is -0.137. The summed E-state index contributed by atoms with van der Waals surface area (Å²) in [6.45, 7) is 0.301. The van der Waals surface area contributed by atoms with Gasteiger partial charge < -0.3 is 10.2 Å². The number of rotatable bonds is 6. The third kappa shape index (κ3) is 3.72. The summed E-state index contributed by atoms with van der Waals surface area (Å²) < 4.78 is 0. The Balaban J connectivity index is 1.49. The van der Waals surface area contributed by atoms with E-state index >= 15 is 0 Å². The minimum absolute atomic E-state index is 0.195. The highest BCUT2D eigenvalue weighted by Crippen LogP contribution is 2.39. The molecular formula is C19H25N3O3S. The molecule has 140 valence electrons. The zero-order valence-corrected chi connectivity index (χ0v) is 15.9. The van der Waals surface area contributed by atoms with Gasteiger partial charge in [0.2, 0.25) is 5.91 Å². The Bertz CT molecular complexity index is 674. The zero-order chi connectivity index (χ0) is 18.6. The molecule has 0 atom stereocenters. The van der Waals surface area contributed by atoms with Gasteiger partial charge in [0.1, 0.15) is 12.1 Å². The van der Waals surface area contributed by atoms with E-state index < -0.39 is 5.54 Å². The Morgan fingerprint density at radius 2 is 1.85 bits per heavy atom. The lowest BCUT2D eigenvalue weighted by atomic mass is 9.81. The van der Waals surface area contributed by atoms with Gasteiger partial charge in [-0.2, -0.15) is 0 Å². The van der Waals surface area contributed by atoms with Crippen molar-refractivity contribution < 1.29 is 14.4 Å². The lowest BCUT2D eigenvalue weighted by Crippen LogP contribution is -2.49. The number of benzene rings is 1. The minimum Gasteiger partial charge on any atom is -0.354 e. The van der Waals surface area contributed by atoms with Crippen LogP contribution < -0.4 is 5.32 Å². The molecule has 1 N–H and O–H groups in total. The molecule has 0 unspecified atom stereocenters. The Morgan fingerprint density at radius 1 is 1.15 bits per heavy atom. The Labute approximate surface area is 158 Å². The van der Waals surface area contributed by atoms with Gasteiger partial charge in [-0.25, -0.2) is 4.79 Å². The summed E-state index contributed by atoms with van der Waals surface area (Å²) in [7, 11) is 1.68. The fraction of sp³-hybridized carbons (Fsp3) is 0.526. The average molecular weight is 375 g/mol. The average Bonchev–Trinajstić information content (AvgIpc) is 2.83. The molecule has 2 aliphatic rings. The molecule has 0 aromatic heterocycles. The van der Waals surface area contributed by atoms with Crippen molar-refractivity contribution in [2.24, 2.45) is 0 Å². The molecule has 6 nitrogen and oxygen atoms in total. The second-order valence-corrected chi connectivity index (χ2v) is 8.00. The molecule has 7 heteroatoms. The second-order valence-electron chi connectivity index (χ2n) is 6.84. The molecule has 26 heavy (non-hydrogen) atoms. The summed E-state index contributed by atoms with van der Waals surface area (Å²) in [5.41, 5.74) is -0.723. The molecule has 3 rings (SSSR count). The van der Waals surface area contributed by atoms with Crippen LogP contribution in [0.1, 0.15) is 32.1 Å². The van der Waals surface area contributed by atoms with Crippen molar-refractivity contribution in [3.05, 3.63) is 30.3 Å². The van der Waals surface area contributed by atoms with Crippen molar-refractivity contribution in [1.29, 1.82) is 0 Å². The third-order valence-corrected chi connectivity index (χ3v) is 6.24. The van der Waals surface area contributed by atoms with E-state index in [0.717, 1.165) is 34.8 Å². The Kier molecular flexibility index (Phi) is 5.86. The van der Waals surface area contributed by atoms with E-state index in [1.807, 2.05) is 30.3 Å². The van der Waals surface area contributed by atoms with Crippen molar-refractivity contribution in [2.45, 2.75) is 42.5 Å². The zero-order valence-electron chi connectivity index (χ0n) is 15.1. The predicted molar refractivity (Wildman–Crippen MR) is 101 cm³/mol. The predicted octanol–water partition coefficient (Wildman–Crippen LogP) is 2.49. The number of nitrogens with one attached hydrogen (secondary N) is 1. The van der Waals surface area contributed by atoms with Crippen molar-refractivity contribution in [3.63, 3.8) is 0 Å². The number of amides is 4. The van der Waals surface area contributed by atoms with Gasteiger partial charge in [0, 0.05) is 24.2 Å². The number of imide groups is 1. The number of likely N-dealkylation sites (N-methyl/N-ethyl adjacent to an activating group) is 1. The van der Waals surface area contributed by atoms with Crippen LogP contribution in [0.2, 0.25) is 0 Å². The fourth-order valence-corrected chi connectivity index (χ4v) is 4.54. The van der Waals surface area contributed by atoms with Gasteiger partial charge in [0.05, 0.1) is 0 Å². The van der Waals surface area contributed by atoms with Crippen LogP contribution in [-0.2, 0) is 9.59 Å². The highest BCUT2D eigenvalue weighted by Gasteiger charge is 2.55. The van der Waals surface area contributed by atoms with Crippen LogP contribution in [0.5, 0.6) is 0 Å². The number of carbonyl (C=O) groups excluding carboxylic acids is 3. The molecule has 4 amide bonds. The summed E-state index contributed by atoms with van der Waals surface area (Å²) in [6.07, 6.45) is 4.37. The van der Waals surface area contributed by atoms with Gasteiger partial charge >= 0.3 is 6.03 Å². The summed E-state index contributed by atoms with van der Waals surface area (Å²) in [5, 5.41) is 2.80. The van der Waals surface area contributed by atoms with Crippen LogP contribution in [0, 0.1) is 0 Å². The summed E-state index contributed by atoms with van der Waals surface area (Å²) in [4.78, 5) is 41.3. The molecule has 1 heterocycles. The molecule has 0 bridgehead atoms. The third-order valence-electron chi connectivity index (χ3n) is 5.22. The monoisotopic (exact) mass is 375 g/mol. The van der Waals surface area contributed by atoms with Crippen LogP contribution in [0.25, 0.3) is 0 Å². The molecule has 1 spiro atoms. The molecular weight excluding hydrogens is 350 g/mol. The number of thioether (sulfide) groups is 1. The first-order valence-corrected chi connectivity index (χ1v) is 10.1. The highest BCUT2D eigenvalue weighted by atomic mass is 32.2. The smallest absolute Gasteiger partial charge is 0.327 e. The van der Waals surface area contributed by atoms with Crippen LogP contribution >= 0.6 is 11.8 Å². The van der Waals surface area contributed by atoms with E-state index in [4.69, 9.17) is 0 Å². The van der Waals surface area contributed by atoms with E-state index in [1.54, 1.807) is 23.7 Å². The van der Waals surface area contributed by atoms with E-state index in [-0.39, 0.29) is 24.4 Å². The van der Waals surface area contributed by atoms with Crippen LogP contribution in [0.15, 0.2) is 35.2 Å². The van der Waals surface area contributed by atoms with Gasteiger partial charge in [-0.1, -0.05) is 37.5 Å². The molecule has 1 aliphatic carbocycles. The highest BCUT2D eigenvalue weighted by molar-refractivity contribution is 7.99.